The van der Waals surface area contributed by atoms with Crippen LogP contribution in [-0.2, 0) is 4.74 Å². The highest BCUT2D eigenvalue weighted by molar-refractivity contribution is 6.30. The molecule has 0 aliphatic carbocycles. The van der Waals surface area contributed by atoms with E-state index in [9.17, 15) is 22.8 Å². The molecule has 0 bridgehead atoms. The van der Waals surface area contributed by atoms with Gasteiger partial charge in [0, 0.05) is 16.1 Å². The fourth-order valence-electron chi connectivity index (χ4n) is 1.71. The normalized spacial score (nSPS) is 11.0. The van der Waals surface area contributed by atoms with Crippen LogP contribution in [0.3, 0.4) is 0 Å². The van der Waals surface area contributed by atoms with Gasteiger partial charge in [-0.15, -0.1) is 0 Å². The summed E-state index contributed by atoms with van der Waals surface area (Å²) in [6, 6.07) is 11.6. The van der Waals surface area contributed by atoms with E-state index in [1.807, 2.05) is 0 Å². The maximum Gasteiger partial charge on any atom is 0.514 e. The standard InChI is InChI=1S/C16H10ClF3O4/c17-12-5-1-10(2-6-12)14(21)11-3-7-13(8-4-11)24-15(22)23-9-16(18,19)20/h1-8H,9H2. The molecule has 2 aromatic rings. The summed E-state index contributed by atoms with van der Waals surface area (Å²) in [6.07, 6.45) is -6.11. The van der Waals surface area contributed by atoms with E-state index in [2.05, 4.69) is 9.47 Å². The number of benzene rings is 2. The lowest BCUT2D eigenvalue weighted by Crippen LogP contribution is -2.22. The summed E-state index contributed by atoms with van der Waals surface area (Å²) in [6.45, 7) is -1.74. The van der Waals surface area contributed by atoms with Crippen LogP contribution in [0.5, 0.6) is 5.75 Å². The first-order valence-electron chi connectivity index (χ1n) is 6.56. The van der Waals surface area contributed by atoms with Crippen LogP contribution >= 0.6 is 11.6 Å². The fraction of sp³-hybridized carbons (Fsp3) is 0.125. The molecule has 0 aromatic heterocycles. The minimum absolute atomic E-state index is 0.0465. The van der Waals surface area contributed by atoms with E-state index in [0.717, 1.165) is 0 Å². The van der Waals surface area contributed by atoms with Crippen LogP contribution in [0.2, 0.25) is 5.02 Å². The van der Waals surface area contributed by atoms with Gasteiger partial charge in [0.25, 0.3) is 0 Å². The quantitative estimate of drug-likeness (QED) is 0.453. The Morgan fingerprint density at radius 1 is 0.917 bits per heavy atom. The number of alkyl halides is 3. The molecule has 0 saturated heterocycles. The van der Waals surface area contributed by atoms with Gasteiger partial charge in [-0.2, -0.15) is 13.2 Å². The largest absolute Gasteiger partial charge is 0.514 e. The average Bonchev–Trinajstić information content (AvgIpc) is 2.53. The molecular formula is C16H10ClF3O4. The third-order valence-corrected chi connectivity index (χ3v) is 3.03. The molecule has 0 saturated carbocycles. The lowest BCUT2D eigenvalue weighted by atomic mass is 10.0. The van der Waals surface area contributed by atoms with E-state index < -0.39 is 18.9 Å². The van der Waals surface area contributed by atoms with Gasteiger partial charge < -0.3 is 9.47 Å². The Morgan fingerprint density at radius 2 is 1.42 bits per heavy atom. The second-order valence-electron chi connectivity index (χ2n) is 4.62. The Labute approximate surface area is 139 Å². The van der Waals surface area contributed by atoms with Gasteiger partial charge in [0.2, 0.25) is 0 Å². The van der Waals surface area contributed by atoms with Crippen molar-refractivity contribution in [2.75, 3.05) is 6.61 Å². The SMILES string of the molecule is O=C(OCC(F)(F)F)Oc1ccc(C(=O)c2ccc(Cl)cc2)cc1. The van der Waals surface area contributed by atoms with Crippen LogP contribution in [0, 0.1) is 0 Å². The molecule has 0 fully saturated rings. The molecule has 24 heavy (non-hydrogen) atoms. The van der Waals surface area contributed by atoms with Crippen molar-refractivity contribution >= 4 is 23.5 Å². The fourth-order valence-corrected chi connectivity index (χ4v) is 1.83. The number of halogens is 4. The van der Waals surface area contributed by atoms with Crippen LogP contribution < -0.4 is 4.74 Å². The number of ketones is 1. The van der Waals surface area contributed by atoms with E-state index in [1.54, 1.807) is 24.3 Å². The van der Waals surface area contributed by atoms with Gasteiger partial charge in [-0.25, -0.2) is 4.79 Å². The first-order chi connectivity index (χ1) is 11.2. The molecule has 2 aromatic carbocycles. The lowest BCUT2D eigenvalue weighted by molar-refractivity contribution is -0.163. The number of ether oxygens (including phenoxy) is 2. The summed E-state index contributed by atoms with van der Waals surface area (Å²) in [4.78, 5) is 23.3. The molecule has 0 atom stereocenters. The molecule has 0 spiro atoms. The average molecular weight is 359 g/mol. The maximum atomic E-state index is 12.2. The van der Waals surface area contributed by atoms with E-state index in [0.29, 0.717) is 16.1 Å². The Kier molecular flexibility index (Phi) is 5.46. The van der Waals surface area contributed by atoms with Crippen molar-refractivity contribution in [1.82, 2.24) is 0 Å². The minimum atomic E-state index is -4.63. The van der Waals surface area contributed by atoms with E-state index in [-0.39, 0.29) is 11.5 Å². The summed E-state index contributed by atoms with van der Waals surface area (Å²) in [7, 11) is 0. The van der Waals surface area contributed by atoms with Gasteiger partial charge >= 0.3 is 12.3 Å². The topological polar surface area (TPSA) is 52.6 Å². The van der Waals surface area contributed by atoms with Crippen LogP contribution in [-0.4, -0.2) is 24.7 Å². The molecule has 0 amide bonds. The Hall–Kier alpha value is -2.54. The van der Waals surface area contributed by atoms with Crippen molar-refractivity contribution in [3.05, 3.63) is 64.7 Å². The predicted octanol–water partition coefficient (Wildman–Crippen LogP) is 4.65. The van der Waals surface area contributed by atoms with Crippen molar-refractivity contribution in [3.63, 3.8) is 0 Å². The molecule has 0 N–H and O–H groups in total. The van der Waals surface area contributed by atoms with Gasteiger partial charge in [-0.3, -0.25) is 4.79 Å². The van der Waals surface area contributed by atoms with Crippen molar-refractivity contribution < 1.29 is 32.2 Å². The second kappa shape index (κ2) is 7.35. The number of carbonyl (C=O) groups is 2. The van der Waals surface area contributed by atoms with Crippen LogP contribution in [0.15, 0.2) is 48.5 Å². The summed E-state index contributed by atoms with van der Waals surface area (Å²) in [5.74, 6) is -0.326. The molecular weight excluding hydrogens is 349 g/mol. The lowest BCUT2D eigenvalue weighted by Gasteiger charge is -2.08. The zero-order valence-electron chi connectivity index (χ0n) is 12.0. The summed E-state index contributed by atoms with van der Waals surface area (Å²) < 4.78 is 44.2. The molecule has 0 aliphatic heterocycles. The Bertz CT molecular complexity index is 724. The second-order valence-corrected chi connectivity index (χ2v) is 5.05. The van der Waals surface area contributed by atoms with Crippen molar-refractivity contribution in [1.29, 1.82) is 0 Å². The van der Waals surface area contributed by atoms with Gasteiger partial charge in [0.15, 0.2) is 12.4 Å². The van der Waals surface area contributed by atoms with Crippen LogP contribution in [0.25, 0.3) is 0 Å². The number of hydrogen-bond acceptors (Lipinski definition) is 4. The first kappa shape index (κ1) is 17.8. The number of rotatable bonds is 4. The van der Waals surface area contributed by atoms with Crippen molar-refractivity contribution in [2.45, 2.75) is 6.18 Å². The molecule has 2 rings (SSSR count). The van der Waals surface area contributed by atoms with Crippen molar-refractivity contribution in [3.8, 4) is 5.75 Å². The highest BCUT2D eigenvalue weighted by atomic mass is 35.5. The van der Waals surface area contributed by atoms with Crippen molar-refractivity contribution in [2.24, 2.45) is 0 Å². The molecule has 0 radical (unpaired) electrons. The molecule has 0 aliphatic rings. The minimum Gasteiger partial charge on any atom is -0.424 e. The maximum absolute atomic E-state index is 12.2. The monoisotopic (exact) mass is 358 g/mol. The summed E-state index contributed by atoms with van der Waals surface area (Å²) in [5, 5.41) is 0.493. The van der Waals surface area contributed by atoms with Gasteiger partial charge in [-0.05, 0) is 48.5 Å². The highest BCUT2D eigenvalue weighted by Crippen LogP contribution is 2.19. The zero-order valence-corrected chi connectivity index (χ0v) is 12.7. The Balaban J connectivity index is 1.98. The van der Waals surface area contributed by atoms with Crippen LogP contribution in [0.4, 0.5) is 18.0 Å². The summed E-state index contributed by atoms with van der Waals surface area (Å²) in [5.41, 5.74) is 0.728. The predicted molar refractivity (Wildman–Crippen MR) is 79.4 cm³/mol. The molecule has 0 heterocycles. The smallest absolute Gasteiger partial charge is 0.424 e. The highest BCUT2D eigenvalue weighted by Gasteiger charge is 2.30. The van der Waals surface area contributed by atoms with Gasteiger partial charge in [0.1, 0.15) is 5.75 Å². The Morgan fingerprint density at radius 3 is 1.92 bits per heavy atom. The number of carbonyl (C=O) groups excluding carboxylic acids is 2. The van der Waals surface area contributed by atoms with Crippen LogP contribution in [0.1, 0.15) is 15.9 Å². The van der Waals surface area contributed by atoms with E-state index in [4.69, 9.17) is 11.6 Å². The molecule has 4 nitrogen and oxygen atoms in total. The third kappa shape index (κ3) is 5.27. The van der Waals surface area contributed by atoms with Gasteiger partial charge in [0.05, 0.1) is 0 Å². The molecule has 8 heteroatoms. The first-order valence-corrected chi connectivity index (χ1v) is 6.94. The summed E-state index contributed by atoms with van der Waals surface area (Å²) >= 11 is 5.74. The third-order valence-electron chi connectivity index (χ3n) is 2.78. The van der Waals surface area contributed by atoms with Gasteiger partial charge in [-0.1, -0.05) is 11.6 Å². The van der Waals surface area contributed by atoms with E-state index >= 15 is 0 Å². The van der Waals surface area contributed by atoms with E-state index in [1.165, 1.54) is 24.3 Å². The zero-order chi connectivity index (χ0) is 17.7. The molecule has 0 unspecified atom stereocenters. The number of hydrogen-bond donors (Lipinski definition) is 0. The molecule has 126 valence electrons.